The molecule has 0 saturated carbocycles. The van der Waals surface area contributed by atoms with Crippen molar-refractivity contribution in [2.45, 2.75) is 0 Å². The third-order valence-corrected chi connectivity index (χ3v) is 6.42. The van der Waals surface area contributed by atoms with Crippen molar-refractivity contribution < 1.29 is 0 Å². The molecular formula is C24H15NS. The summed E-state index contributed by atoms with van der Waals surface area (Å²) in [6, 6.07) is 30.4. The molecule has 26 heavy (non-hydrogen) atoms. The SMILES string of the molecule is c1ccc(-c2cccc3c2sc2ccc4[nH]c5ccccc5c4c23)cc1. The Bertz CT molecular complexity index is 1420. The van der Waals surface area contributed by atoms with E-state index in [0.29, 0.717) is 0 Å². The molecule has 1 nitrogen and oxygen atoms in total. The predicted molar refractivity (Wildman–Crippen MR) is 114 cm³/mol. The zero-order valence-electron chi connectivity index (χ0n) is 14.0. The molecule has 0 bridgehead atoms. The first kappa shape index (κ1) is 14.1. The summed E-state index contributed by atoms with van der Waals surface area (Å²) in [4.78, 5) is 3.58. The molecule has 0 unspecified atom stereocenters. The number of para-hydroxylation sites is 1. The largest absolute Gasteiger partial charge is 0.354 e. The van der Waals surface area contributed by atoms with Gasteiger partial charge in [-0.15, -0.1) is 11.3 Å². The lowest BCUT2D eigenvalue weighted by atomic mass is 10.0. The first-order valence-electron chi connectivity index (χ1n) is 8.80. The van der Waals surface area contributed by atoms with Gasteiger partial charge in [0.05, 0.1) is 0 Å². The summed E-state index contributed by atoms with van der Waals surface area (Å²) in [6.45, 7) is 0. The molecule has 0 fully saturated rings. The number of nitrogens with one attached hydrogen (secondary N) is 1. The second-order valence-electron chi connectivity index (χ2n) is 6.68. The Balaban J connectivity index is 1.83. The lowest BCUT2D eigenvalue weighted by molar-refractivity contribution is 1.55. The average molecular weight is 349 g/mol. The number of aromatic amines is 1. The van der Waals surface area contributed by atoms with E-state index < -0.39 is 0 Å². The summed E-state index contributed by atoms with van der Waals surface area (Å²) in [5.41, 5.74) is 5.01. The van der Waals surface area contributed by atoms with Crippen LogP contribution in [0.4, 0.5) is 0 Å². The molecule has 1 N–H and O–H groups in total. The highest BCUT2D eigenvalue weighted by atomic mass is 32.1. The second kappa shape index (κ2) is 5.20. The lowest BCUT2D eigenvalue weighted by Crippen LogP contribution is -1.77. The van der Waals surface area contributed by atoms with Crippen LogP contribution in [0.2, 0.25) is 0 Å². The number of benzene rings is 4. The highest BCUT2D eigenvalue weighted by molar-refractivity contribution is 7.26. The molecule has 0 amide bonds. The lowest BCUT2D eigenvalue weighted by Gasteiger charge is -2.03. The summed E-state index contributed by atoms with van der Waals surface area (Å²) >= 11 is 1.90. The van der Waals surface area contributed by atoms with Crippen molar-refractivity contribution >= 4 is 53.3 Å². The number of H-pyrrole nitrogens is 1. The zero-order chi connectivity index (χ0) is 17.1. The van der Waals surface area contributed by atoms with Gasteiger partial charge in [0.1, 0.15) is 0 Å². The molecule has 0 radical (unpaired) electrons. The summed E-state index contributed by atoms with van der Waals surface area (Å²) in [7, 11) is 0. The Morgan fingerprint density at radius 2 is 1.38 bits per heavy atom. The van der Waals surface area contributed by atoms with Crippen LogP contribution in [0.3, 0.4) is 0 Å². The molecule has 0 atom stereocenters. The van der Waals surface area contributed by atoms with Gasteiger partial charge in [0.15, 0.2) is 0 Å². The fourth-order valence-electron chi connectivity index (χ4n) is 4.07. The molecule has 122 valence electrons. The standard InChI is InChI=1S/C24H15NS/c1-2-7-15(8-3-1)16-10-6-11-18-23-21(26-24(16)18)14-13-20-22(23)17-9-4-5-12-19(17)25-20/h1-14,25H. The maximum atomic E-state index is 3.58. The van der Waals surface area contributed by atoms with Gasteiger partial charge in [-0.25, -0.2) is 0 Å². The molecule has 0 aliphatic rings. The van der Waals surface area contributed by atoms with E-state index in [1.54, 1.807) is 0 Å². The summed E-state index contributed by atoms with van der Waals surface area (Å²) in [5.74, 6) is 0. The van der Waals surface area contributed by atoms with Crippen LogP contribution in [-0.4, -0.2) is 4.98 Å². The monoisotopic (exact) mass is 349 g/mol. The van der Waals surface area contributed by atoms with E-state index in [0.717, 1.165) is 0 Å². The second-order valence-corrected chi connectivity index (χ2v) is 7.73. The third kappa shape index (κ3) is 1.85. The Hall–Kier alpha value is -3.10. The van der Waals surface area contributed by atoms with E-state index in [-0.39, 0.29) is 0 Å². The van der Waals surface area contributed by atoms with Crippen molar-refractivity contribution in [2.75, 3.05) is 0 Å². The van der Waals surface area contributed by atoms with Crippen LogP contribution < -0.4 is 0 Å². The van der Waals surface area contributed by atoms with Crippen molar-refractivity contribution in [2.24, 2.45) is 0 Å². The van der Waals surface area contributed by atoms with E-state index in [2.05, 4.69) is 89.9 Å². The minimum absolute atomic E-state index is 1.20. The Morgan fingerprint density at radius 1 is 0.577 bits per heavy atom. The number of hydrogen-bond donors (Lipinski definition) is 1. The van der Waals surface area contributed by atoms with Gasteiger partial charge in [-0.3, -0.25) is 0 Å². The van der Waals surface area contributed by atoms with Crippen LogP contribution in [0.25, 0.3) is 53.1 Å². The molecular weight excluding hydrogens is 334 g/mol. The Labute approximate surface area is 154 Å². The normalized spacial score (nSPS) is 11.8. The highest BCUT2D eigenvalue weighted by Gasteiger charge is 2.15. The van der Waals surface area contributed by atoms with Crippen molar-refractivity contribution in [3.05, 3.63) is 84.9 Å². The fourth-order valence-corrected chi connectivity index (χ4v) is 5.32. The fraction of sp³-hybridized carbons (Fsp3) is 0. The van der Waals surface area contributed by atoms with Gasteiger partial charge in [-0.2, -0.15) is 0 Å². The third-order valence-electron chi connectivity index (χ3n) is 5.21. The summed E-state index contributed by atoms with van der Waals surface area (Å²) in [5, 5.41) is 5.37. The quantitative estimate of drug-likeness (QED) is 0.319. The van der Waals surface area contributed by atoms with Crippen molar-refractivity contribution in [1.29, 1.82) is 0 Å². The first-order valence-corrected chi connectivity index (χ1v) is 9.62. The van der Waals surface area contributed by atoms with E-state index in [1.807, 2.05) is 11.3 Å². The molecule has 6 aromatic rings. The van der Waals surface area contributed by atoms with Gasteiger partial charge < -0.3 is 4.98 Å². The van der Waals surface area contributed by atoms with E-state index >= 15 is 0 Å². The maximum Gasteiger partial charge on any atom is 0.0472 e. The number of fused-ring (bicyclic) bond motifs is 7. The van der Waals surface area contributed by atoms with Crippen LogP contribution in [0.5, 0.6) is 0 Å². The molecule has 0 spiro atoms. The van der Waals surface area contributed by atoms with Gasteiger partial charge >= 0.3 is 0 Å². The first-order chi connectivity index (χ1) is 12.9. The van der Waals surface area contributed by atoms with E-state index in [9.17, 15) is 0 Å². The van der Waals surface area contributed by atoms with Gasteiger partial charge in [0.2, 0.25) is 0 Å². The number of thiophene rings is 1. The number of aromatic nitrogens is 1. The number of hydrogen-bond acceptors (Lipinski definition) is 1. The molecule has 0 aliphatic carbocycles. The van der Waals surface area contributed by atoms with Crippen LogP contribution in [0.1, 0.15) is 0 Å². The average Bonchev–Trinajstić information content (AvgIpc) is 3.26. The molecule has 4 aromatic carbocycles. The Kier molecular flexibility index (Phi) is 2.82. The van der Waals surface area contributed by atoms with Gasteiger partial charge in [-0.1, -0.05) is 66.7 Å². The van der Waals surface area contributed by atoms with Crippen LogP contribution in [-0.2, 0) is 0 Å². The van der Waals surface area contributed by atoms with Gasteiger partial charge in [0.25, 0.3) is 0 Å². The van der Waals surface area contributed by atoms with Crippen LogP contribution in [0, 0.1) is 0 Å². The molecule has 2 aromatic heterocycles. The molecule has 6 rings (SSSR count). The van der Waals surface area contributed by atoms with E-state index in [4.69, 9.17) is 0 Å². The van der Waals surface area contributed by atoms with Crippen LogP contribution in [0.15, 0.2) is 84.9 Å². The number of rotatable bonds is 1. The van der Waals surface area contributed by atoms with Gasteiger partial charge in [0, 0.05) is 42.0 Å². The van der Waals surface area contributed by atoms with Crippen molar-refractivity contribution in [3.63, 3.8) is 0 Å². The van der Waals surface area contributed by atoms with E-state index in [1.165, 1.54) is 53.1 Å². The topological polar surface area (TPSA) is 15.8 Å². The Morgan fingerprint density at radius 3 is 2.31 bits per heavy atom. The molecule has 2 heterocycles. The molecule has 0 saturated heterocycles. The van der Waals surface area contributed by atoms with Crippen LogP contribution >= 0.6 is 11.3 Å². The summed E-state index contributed by atoms with van der Waals surface area (Å²) < 4.78 is 2.71. The molecule has 0 aliphatic heterocycles. The minimum Gasteiger partial charge on any atom is -0.354 e. The zero-order valence-corrected chi connectivity index (χ0v) is 14.8. The highest BCUT2D eigenvalue weighted by Crippen LogP contribution is 2.44. The van der Waals surface area contributed by atoms with Gasteiger partial charge in [-0.05, 0) is 29.3 Å². The van der Waals surface area contributed by atoms with Crippen molar-refractivity contribution in [3.8, 4) is 11.1 Å². The van der Waals surface area contributed by atoms with Crippen molar-refractivity contribution in [1.82, 2.24) is 4.98 Å². The minimum atomic E-state index is 1.20. The smallest absolute Gasteiger partial charge is 0.0472 e. The summed E-state index contributed by atoms with van der Waals surface area (Å²) in [6.07, 6.45) is 0. The predicted octanol–water partition coefficient (Wildman–Crippen LogP) is 7.36. The molecule has 2 heteroatoms. The maximum absolute atomic E-state index is 3.58.